The molecule has 0 saturated carbocycles. The van der Waals surface area contributed by atoms with Crippen LogP contribution in [0.15, 0.2) is 42.5 Å². The van der Waals surface area contributed by atoms with Gasteiger partial charge in [0.1, 0.15) is 0 Å². The molecule has 1 nitrogen and oxygen atoms in total. The molecular formula is C31H46N+. The van der Waals surface area contributed by atoms with Crippen LogP contribution in [0, 0.1) is 5.92 Å². The van der Waals surface area contributed by atoms with Crippen LogP contribution in [0.4, 0.5) is 5.69 Å². The summed E-state index contributed by atoms with van der Waals surface area (Å²) in [7, 11) is 0. The first-order chi connectivity index (χ1) is 14.5. The fourth-order valence-corrected chi connectivity index (χ4v) is 5.39. The molecule has 1 unspecified atom stereocenters. The Labute approximate surface area is 198 Å². The second kappa shape index (κ2) is 8.15. The van der Waals surface area contributed by atoms with E-state index in [4.69, 9.17) is 0 Å². The molecule has 0 amide bonds. The molecule has 0 spiro atoms. The molecule has 0 saturated heterocycles. The van der Waals surface area contributed by atoms with E-state index >= 15 is 0 Å². The van der Waals surface area contributed by atoms with Crippen molar-refractivity contribution in [3.63, 3.8) is 0 Å². The molecule has 1 atom stereocenters. The molecule has 32 heavy (non-hydrogen) atoms. The second-order valence-corrected chi connectivity index (χ2v) is 13.4. The Morgan fingerprint density at radius 2 is 1.44 bits per heavy atom. The van der Waals surface area contributed by atoms with Gasteiger partial charge in [0.15, 0.2) is 11.8 Å². The van der Waals surface area contributed by atoms with Gasteiger partial charge in [0.25, 0.3) is 0 Å². The molecule has 174 valence electrons. The van der Waals surface area contributed by atoms with E-state index in [1.54, 1.807) is 0 Å². The third-order valence-electron chi connectivity index (χ3n) is 7.05. The van der Waals surface area contributed by atoms with Gasteiger partial charge in [0, 0.05) is 31.9 Å². The number of hydrogen-bond donors (Lipinski definition) is 0. The molecule has 0 bridgehead atoms. The highest BCUT2D eigenvalue weighted by molar-refractivity contribution is 5.73. The fraction of sp³-hybridized carbons (Fsp3) is 0.581. The first-order valence-electron chi connectivity index (χ1n) is 12.4. The van der Waals surface area contributed by atoms with Gasteiger partial charge >= 0.3 is 0 Å². The van der Waals surface area contributed by atoms with Crippen LogP contribution in [-0.4, -0.2) is 16.3 Å². The van der Waals surface area contributed by atoms with Crippen molar-refractivity contribution in [3.8, 4) is 0 Å². The van der Waals surface area contributed by atoms with Gasteiger partial charge in [0.05, 0.1) is 5.41 Å². The van der Waals surface area contributed by atoms with Crippen molar-refractivity contribution in [2.75, 3.05) is 0 Å². The maximum atomic E-state index is 2.59. The molecule has 0 N–H and O–H groups in total. The summed E-state index contributed by atoms with van der Waals surface area (Å²) in [6, 6.07) is 16.6. The molecule has 0 aromatic heterocycles. The Hall–Kier alpha value is -1.89. The molecule has 3 rings (SSSR count). The van der Waals surface area contributed by atoms with Crippen molar-refractivity contribution in [2.45, 2.75) is 111 Å². The average Bonchev–Trinajstić information content (AvgIpc) is 2.89. The maximum Gasteiger partial charge on any atom is 0.209 e. The smallest absolute Gasteiger partial charge is 0.197 e. The first kappa shape index (κ1) is 24.7. The van der Waals surface area contributed by atoms with Crippen molar-refractivity contribution in [1.82, 2.24) is 0 Å². The van der Waals surface area contributed by atoms with E-state index in [9.17, 15) is 0 Å². The maximum absolute atomic E-state index is 2.59. The molecule has 0 fully saturated rings. The summed E-state index contributed by atoms with van der Waals surface area (Å²) in [6.45, 7) is 25.7. The van der Waals surface area contributed by atoms with Gasteiger partial charge in [-0.3, -0.25) is 0 Å². The average molecular weight is 433 g/mol. The third-order valence-corrected chi connectivity index (χ3v) is 7.05. The zero-order chi connectivity index (χ0) is 24.1. The van der Waals surface area contributed by atoms with E-state index in [2.05, 4.69) is 129 Å². The molecule has 1 heterocycles. The molecule has 0 radical (unpaired) electrons. The van der Waals surface area contributed by atoms with E-state index in [1.807, 2.05) is 0 Å². The summed E-state index contributed by atoms with van der Waals surface area (Å²) >= 11 is 0. The lowest BCUT2D eigenvalue weighted by atomic mass is 9.77. The van der Waals surface area contributed by atoms with Crippen LogP contribution in [0.25, 0.3) is 0 Å². The lowest BCUT2D eigenvalue weighted by molar-refractivity contribution is -0.512. The third kappa shape index (κ3) is 5.03. The second-order valence-electron chi connectivity index (χ2n) is 13.4. The van der Waals surface area contributed by atoms with E-state index in [0.717, 1.165) is 12.8 Å². The number of hydrogen-bond acceptors (Lipinski definition) is 0. The number of rotatable bonds is 4. The zero-order valence-electron chi connectivity index (χ0n) is 22.6. The van der Waals surface area contributed by atoms with Crippen molar-refractivity contribution in [3.05, 3.63) is 64.7 Å². The zero-order valence-corrected chi connectivity index (χ0v) is 22.6. The van der Waals surface area contributed by atoms with Crippen LogP contribution in [0.3, 0.4) is 0 Å². The van der Waals surface area contributed by atoms with Gasteiger partial charge in [-0.15, -0.1) is 0 Å². The molecule has 1 heteroatoms. The summed E-state index contributed by atoms with van der Waals surface area (Å²) in [5.41, 5.74) is 7.34. The van der Waals surface area contributed by atoms with Gasteiger partial charge in [-0.05, 0) is 46.8 Å². The van der Waals surface area contributed by atoms with Crippen molar-refractivity contribution in [1.29, 1.82) is 0 Å². The molecule has 1 aliphatic heterocycles. The normalized spacial score (nSPS) is 21.2. The Morgan fingerprint density at radius 3 is 1.94 bits per heavy atom. The SMILES string of the molecule is CC(C)Cc1ccc(C2(C)C=[N+](c3cc(C(C)(C)C)ccc3C(C)(C)C)C(C)(C)C2)cc1. The predicted octanol–water partition coefficient (Wildman–Crippen LogP) is 8.34. The topological polar surface area (TPSA) is 3.01 Å². The summed E-state index contributed by atoms with van der Waals surface area (Å²) in [5, 5.41) is 0. The lowest BCUT2D eigenvalue weighted by Gasteiger charge is -2.27. The quantitative estimate of drug-likeness (QED) is 0.427. The lowest BCUT2D eigenvalue weighted by Crippen LogP contribution is -2.32. The highest BCUT2D eigenvalue weighted by Gasteiger charge is 2.50. The van der Waals surface area contributed by atoms with Gasteiger partial charge in [-0.1, -0.05) is 91.8 Å². The molecule has 2 aromatic carbocycles. The van der Waals surface area contributed by atoms with E-state index in [-0.39, 0.29) is 21.8 Å². The Bertz CT molecular complexity index is 990. The van der Waals surface area contributed by atoms with Crippen LogP contribution >= 0.6 is 0 Å². The highest BCUT2D eigenvalue weighted by atomic mass is 15.1. The minimum absolute atomic E-state index is 0.0206. The van der Waals surface area contributed by atoms with Crippen LogP contribution in [-0.2, 0) is 22.7 Å². The summed E-state index contributed by atoms with van der Waals surface area (Å²) < 4.78 is 2.59. The van der Waals surface area contributed by atoms with Crippen LogP contribution in [0.2, 0.25) is 0 Å². The monoisotopic (exact) mass is 432 g/mol. The molecular weight excluding hydrogens is 386 g/mol. The largest absolute Gasteiger partial charge is 0.209 e. The molecule has 1 aliphatic rings. The van der Waals surface area contributed by atoms with Gasteiger partial charge in [0.2, 0.25) is 5.69 Å². The Morgan fingerprint density at radius 1 is 0.844 bits per heavy atom. The minimum atomic E-state index is 0.0206. The van der Waals surface area contributed by atoms with Crippen LogP contribution in [0.5, 0.6) is 0 Å². The van der Waals surface area contributed by atoms with E-state index in [1.165, 1.54) is 27.9 Å². The summed E-state index contributed by atoms with van der Waals surface area (Å²) in [4.78, 5) is 0. The van der Waals surface area contributed by atoms with Crippen molar-refractivity contribution < 1.29 is 4.58 Å². The van der Waals surface area contributed by atoms with E-state index < -0.39 is 0 Å². The number of benzene rings is 2. The minimum Gasteiger partial charge on any atom is -0.197 e. The first-order valence-corrected chi connectivity index (χ1v) is 12.4. The fourth-order valence-electron chi connectivity index (χ4n) is 5.39. The Balaban J connectivity index is 2.14. The Kier molecular flexibility index (Phi) is 6.31. The number of nitrogens with zero attached hydrogens (tertiary/aromatic N) is 1. The molecule has 2 aromatic rings. The van der Waals surface area contributed by atoms with Crippen LogP contribution in [0.1, 0.15) is 105 Å². The van der Waals surface area contributed by atoms with Gasteiger partial charge in [-0.2, -0.15) is 4.58 Å². The molecule has 0 aliphatic carbocycles. The predicted molar refractivity (Wildman–Crippen MR) is 141 cm³/mol. The summed E-state index contributed by atoms with van der Waals surface area (Å²) in [5.74, 6) is 0.690. The standard InChI is InChI=1S/C31H46N/c1-22(2)18-23-12-14-24(15-13-23)31(11)20-30(9,10)32(21-31)27-19-25(28(3,4)5)16-17-26(27)29(6,7)8/h12-17,19,21-22H,18,20H2,1-11H3/q+1. The van der Waals surface area contributed by atoms with E-state index in [0.29, 0.717) is 5.92 Å². The van der Waals surface area contributed by atoms with Gasteiger partial charge < -0.3 is 0 Å². The highest BCUT2D eigenvalue weighted by Crippen LogP contribution is 2.45. The van der Waals surface area contributed by atoms with Crippen molar-refractivity contribution >= 4 is 11.9 Å². The van der Waals surface area contributed by atoms with Crippen molar-refractivity contribution in [2.24, 2.45) is 5.92 Å². The van der Waals surface area contributed by atoms with Gasteiger partial charge in [-0.25, -0.2) is 0 Å². The van der Waals surface area contributed by atoms with Crippen LogP contribution < -0.4 is 0 Å². The summed E-state index contributed by atoms with van der Waals surface area (Å²) in [6.07, 6.45) is 4.77.